The van der Waals surface area contributed by atoms with Gasteiger partial charge in [-0.2, -0.15) is 4.98 Å². The summed E-state index contributed by atoms with van der Waals surface area (Å²) in [5, 5.41) is 6.42. The van der Waals surface area contributed by atoms with Crippen LogP contribution in [0, 0.1) is 0 Å². The Balaban J connectivity index is 1.58. The van der Waals surface area contributed by atoms with Crippen LogP contribution in [0.2, 0.25) is 0 Å². The molecule has 1 aliphatic heterocycles. The quantitative estimate of drug-likeness (QED) is 0.714. The van der Waals surface area contributed by atoms with Crippen LogP contribution < -0.4 is 5.32 Å². The van der Waals surface area contributed by atoms with E-state index in [4.69, 9.17) is 4.52 Å². The molecule has 10 heteroatoms. The predicted molar refractivity (Wildman–Crippen MR) is 92.9 cm³/mol. The summed E-state index contributed by atoms with van der Waals surface area (Å²) in [6.45, 7) is 2.31. The van der Waals surface area contributed by atoms with Crippen LogP contribution in [0.4, 0.5) is 4.79 Å². The monoisotopic (exact) mass is 372 g/mol. The molecule has 1 atom stereocenters. The van der Waals surface area contributed by atoms with Gasteiger partial charge in [-0.05, 0) is 18.6 Å². The molecule has 1 saturated heterocycles. The van der Waals surface area contributed by atoms with Gasteiger partial charge in [0.05, 0.1) is 13.0 Å². The van der Waals surface area contributed by atoms with Crippen LogP contribution in [0.15, 0.2) is 29.0 Å². The zero-order valence-corrected chi connectivity index (χ0v) is 15.1. The second-order valence-corrected chi connectivity index (χ2v) is 6.20. The predicted octanol–water partition coefficient (Wildman–Crippen LogP) is 0.810. The molecule has 2 aromatic heterocycles. The zero-order valence-electron chi connectivity index (χ0n) is 15.1. The first-order valence-corrected chi connectivity index (χ1v) is 8.58. The van der Waals surface area contributed by atoms with E-state index in [0.717, 1.165) is 4.90 Å². The van der Waals surface area contributed by atoms with Crippen molar-refractivity contribution in [1.29, 1.82) is 0 Å². The highest BCUT2D eigenvalue weighted by atomic mass is 16.5. The van der Waals surface area contributed by atoms with Crippen LogP contribution in [0.1, 0.15) is 25.7 Å². The summed E-state index contributed by atoms with van der Waals surface area (Å²) in [6.07, 6.45) is 3.79. The molecule has 1 fully saturated rings. The molecule has 0 aliphatic carbocycles. The summed E-state index contributed by atoms with van der Waals surface area (Å²) in [5.74, 6) is -0.0418. The Labute approximate surface area is 155 Å². The molecule has 0 aromatic carbocycles. The summed E-state index contributed by atoms with van der Waals surface area (Å²) in [5.41, 5.74) is 0.705. The Morgan fingerprint density at radius 1 is 1.41 bits per heavy atom. The van der Waals surface area contributed by atoms with Gasteiger partial charge in [0.1, 0.15) is 6.04 Å². The minimum atomic E-state index is -0.840. The maximum Gasteiger partial charge on any atom is 0.324 e. The molecule has 142 valence electrons. The van der Waals surface area contributed by atoms with Gasteiger partial charge in [-0.25, -0.2) is 4.79 Å². The lowest BCUT2D eigenvalue weighted by Crippen LogP contribution is -2.37. The number of rotatable bonds is 7. The highest BCUT2D eigenvalue weighted by Gasteiger charge is 2.38. The van der Waals surface area contributed by atoms with Gasteiger partial charge in [-0.15, -0.1) is 0 Å². The number of imide groups is 1. The molecule has 1 N–H and O–H groups in total. The number of urea groups is 1. The molecule has 3 rings (SSSR count). The molecule has 0 saturated carbocycles. The van der Waals surface area contributed by atoms with Crippen molar-refractivity contribution in [2.24, 2.45) is 0 Å². The SMILES string of the molecule is CCCN1C(=O)N[C@H](CC(=O)N(C)Cc2nc(-c3cccnc3)no2)C1=O. The topological polar surface area (TPSA) is 122 Å². The van der Waals surface area contributed by atoms with Gasteiger partial charge >= 0.3 is 6.03 Å². The minimum absolute atomic E-state index is 0.0969. The lowest BCUT2D eigenvalue weighted by molar-refractivity contribution is -0.135. The van der Waals surface area contributed by atoms with E-state index in [1.807, 2.05) is 6.92 Å². The molecule has 2 aromatic rings. The molecule has 4 amide bonds. The first-order valence-electron chi connectivity index (χ1n) is 8.58. The second-order valence-electron chi connectivity index (χ2n) is 6.20. The van der Waals surface area contributed by atoms with Gasteiger partial charge in [0.2, 0.25) is 17.6 Å². The lowest BCUT2D eigenvalue weighted by Gasteiger charge is -2.16. The fourth-order valence-corrected chi connectivity index (χ4v) is 2.70. The normalized spacial score (nSPS) is 16.5. The zero-order chi connectivity index (χ0) is 19.4. The Bertz CT molecular complexity index is 837. The number of carbonyl (C=O) groups excluding carboxylic acids is 3. The number of hydrogen-bond donors (Lipinski definition) is 1. The number of nitrogens with one attached hydrogen (secondary N) is 1. The van der Waals surface area contributed by atoms with Crippen molar-refractivity contribution < 1.29 is 18.9 Å². The van der Waals surface area contributed by atoms with Gasteiger partial charge in [0.15, 0.2) is 0 Å². The largest absolute Gasteiger partial charge is 0.337 e. The van der Waals surface area contributed by atoms with E-state index in [0.29, 0.717) is 24.4 Å². The molecule has 0 unspecified atom stereocenters. The van der Waals surface area contributed by atoms with Crippen LogP contribution >= 0.6 is 0 Å². The van der Waals surface area contributed by atoms with Crippen LogP contribution in [0.25, 0.3) is 11.4 Å². The molecular formula is C17H20N6O4. The van der Waals surface area contributed by atoms with Gasteiger partial charge in [0, 0.05) is 31.5 Å². The number of carbonyl (C=O) groups is 3. The first-order chi connectivity index (χ1) is 13.0. The molecular weight excluding hydrogens is 352 g/mol. The van der Waals surface area contributed by atoms with Crippen LogP contribution in [-0.2, 0) is 16.1 Å². The van der Waals surface area contributed by atoms with Crippen molar-refractivity contribution >= 4 is 17.8 Å². The van der Waals surface area contributed by atoms with E-state index in [1.54, 1.807) is 31.6 Å². The molecule has 3 heterocycles. The van der Waals surface area contributed by atoms with E-state index in [9.17, 15) is 14.4 Å². The minimum Gasteiger partial charge on any atom is -0.337 e. The van der Waals surface area contributed by atoms with E-state index in [-0.39, 0.29) is 30.7 Å². The average molecular weight is 372 g/mol. The summed E-state index contributed by atoms with van der Waals surface area (Å²) >= 11 is 0. The number of nitrogens with zero attached hydrogens (tertiary/aromatic N) is 5. The van der Waals surface area contributed by atoms with Crippen molar-refractivity contribution in [2.45, 2.75) is 32.4 Å². The number of aromatic nitrogens is 3. The standard InChI is InChI=1S/C17H20N6O4/c1-3-7-23-16(25)12(19-17(23)26)8-14(24)22(2)10-13-20-15(21-27-13)11-5-4-6-18-9-11/h4-6,9,12H,3,7-8,10H2,1-2H3,(H,19,26)/t12-/m1/s1. The number of hydrogen-bond acceptors (Lipinski definition) is 7. The van der Waals surface area contributed by atoms with Crippen LogP contribution in [0.5, 0.6) is 0 Å². The summed E-state index contributed by atoms with van der Waals surface area (Å²) in [6, 6.07) is 2.26. The van der Waals surface area contributed by atoms with Crippen molar-refractivity contribution in [1.82, 2.24) is 30.2 Å². The summed E-state index contributed by atoms with van der Waals surface area (Å²) < 4.78 is 5.17. The number of amides is 4. The molecule has 1 aliphatic rings. The fraction of sp³-hybridized carbons (Fsp3) is 0.412. The smallest absolute Gasteiger partial charge is 0.324 e. The Hall–Kier alpha value is -3.30. The van der Waals surface area contributed by atoms with Crippen molar-refractivity contribution in [3.8, 4) is 11.4 Å². The summed E-state index contributed by atoms with van der Waals surface area (Å²) in [7, 11) is 1.57. The van der Waals surface area contributed by atoms with Crippen LogP contribution in [-0.4, -0.2) is 62.4 Å². The van der Waals surface area contributed by atoms with Gasteiger partial charge in [0.25, 0.3) is 5.91 Å². The first kappa shape index (κ1) is 18.5. The lowest BCUT2D eigenvalue weighted by atomic mass is 10.2. The van der Waals surface area contributed by atoms with E-state index >= 15 is 0 Å². The van der Waals surface area contributed by atoms with Crippen LogP contribution in [0.3, 0.4) is 0 Å². The third kappa shape index (κ3) is 4.10. The fourth-order valence-electron chi connectivity index (χ4n) is 2.70. The van der Waals surface area contributed by atoms with Gasteiger partial charge < -0.3 is 14.7 Å². The van der Waals surface area contributed by atoms with Crippen molar-refractivity contribution in [3.63, 3.8) is 0 Å². The van der Waals surface area contributed by atoms with Gasteiger partial charge in [-0.3, -0.25) is 19.5 Å². The highest BCUT2D eigenvalue weighted by molar-refractivity contribution is 6.05. The van der Waals surface area contributed by atoms with Crippen molar-refractivity contribution in [3.05, 3.63) is 30.4 Å². The third-order valence-corrected chi connectivity index (χ3v) is 4.12. The molecule has 27 heavy (non-hydrogen) atoms. The van der Waals surface area contributed by atoms with Gasteiger partial charge in [-0.1, -0.05) is 12.1 Å². The molecule has 0 radical (unpaired) electrons. The molecule has 0 bridgehead atoms. The Morgan fingerprint density at radius 3 is 2.93 bits per heavy atom. The van der Waals surface area contributed by atoms with Crippen molar-refractivity contribution in [2.75, 3.05) is 13.6 Å². The Morgan fingerprint density at radius 2 is 2.22 bits per heavy atom. The molecule has 10 nitrogen and oxygen atoms in total. The maximum absolute atomic E-state index is 12.4. The molecule has 0 spiro atoms. The number of pyridine rings is 1. The average Bonchev–Trinajstić information content (AvgIpc) is 3.23. The van der Waals surface area contributed by atoms with E-state index in [2.05, 4.69) is 20.4 Å². The highest BCUT2D eigenvalue weighted by Crippen LogP contribution is 2.15. The maximum atomic E-state index is 12.4. The Kier molecular flexibility index (Phi) is 5.43. The van der Waals surface area contributed by atoms with E-state index < -0.39 is 12.1 Å². The van der Waals surface area contributed by atoms with E-state index in [1.165, 1.54) is 4.90 Å². The summed E-state index contributed by atoms with van der Waals surface area (Å²) in [4.78, 5) is 47.2. The second kappa shape index (κ2) is 7.94. The third-order valence-electron chi connectivity index (χ3n) is 4.12.